The van der Waals surface area contributed by atoms with Gasteiger partial charge in [0.15, 0.2) is 5.78 Å². The zero-order valence-electron chi connectivity index (χ0n) is 9.91. The van der Waals surface area contributed by atoms with Crippen LogP contribution in [-0.2, 0) is 0 Å². The second-order valence-corrected chi connectivity index (χ2v) is 5.44. The number of hydrogen-bond donors (Lipinski definition) is 0. The summed E-state index contributed by atoms with van der Waals surface area (Å²) >= 11 is 15.5. The Morgan fingerprint density at radius 3 is 2.42 bits per heavy atom. The Hall–Kier alpha value is -1.03. The molecule has 5 heteroatoms. The van der Waals surface area contributed by atoms with Gasteiger partial charge in [-0.3, -0.25) is 4.79 Å². The van der Waals surface area contributed by atoms with Crippen molar-refractivity contribution in [2.24, 2.45) is 0 Å². The van der Waals surface area contributed by atoms with Crippen molar-refractivity contribution in [3.8, 4) is 5.75 Å². The second kappa shape index (κ2) is 5.95. The molecule has 0 amide bonds. The smallest absolute Gasteiger partial charge is 0.195 e. The van der Waals surface area contributed by atoms with Gasteiger partial charge >= 0.3 is 0 Å². The van der Waals surface area contributed by atoms with Crippen molar-refractivity contribution in [2.45, 2.75) is 0 Å². The third kappa shape index (κ3) is 2.94. The number of halogens is 3. The average Bonchev–Trinajstić information content (AvgIpc) is 2.40. The Morgan fingerprint density at radius 1 is 1.11 bits per heavy atom. The molecule has 2 nitrogen and oxygen atoms in total. The van der Waals surface area contributed by atoms with E-state index in [1.54, 1.807) is 18.2 Å². The van der Waals surface area contributed by atoms with Crippen molar-refractivity contribution >= 4 is 44.9 Å². The van der Waals surface area contributed by atoms with Gasteiger partial charge in [-0.05, 0) is 18.2 Å². The molecule has 0 N–H and O–H groups in total. The molecule has 2 aromatic carbocycles. The van der Waals surface area contributed by atoms with Crippen LogP contribution in [0.4, 0.5) is 0 Å². The van der Waals surface area contributed by atoms with Gasteiger partial charge in [-0.1, -0.05) is 51.3 Å². The predicted molar refractivity (Wildman–Crippen MR) is 80.6 cm³/mol. The van der Waals surface area contributed by atoms with Crippen LogP contribution in [0.5, 0.6) is 5.75 Å². The van der Waals surface area contributed by atoms with E-state index in [0.717, 1.165) is 0 Å². The Bertz CT molecular complexity index is 641. The second-order valence-electron chi connectivity index (χ2n) is 3.78. The molecule has 0 fully saturated rings. The first kappa shape index (κ1) is 14.4. The fourth-order valence-electron chi connectivity index (χ4n) is 1.65. The van der Waals surface area contributed by atoms with Crippen molar-refractivity contribution in [2.75, 3.05) is 7.11 Å². The normalized spacial score (nSPS) is 10.3. The molecule has 0 aromatic heterocycles. The molecule has 2 aromatic rings. The Kier molecular flexibility index (Phi) is 4.50. The van der Waals surface area contributed by atoms with E-state index in [4.69, 9.17) is 27.9 Å². The lowest BCUT2D eigenvalue weighted by molar-refractivity contribution is 0.103. The first-order valence-electron chi connectivity index (χ1n) is 5.37. The number of benzene rings is 2. The zero-order chi connectivity index (χ0) is 14.0. The van der Waals surface area contributed by atoms with Crippen molar-refractivity contribution in [3.05, 3.63) is 62.0 Å². The number of carbonyl (C=O) groups excluding carboxylic acids is 1. The fraction of sp³-hybridized carbons (Fsp3) is 0.0714. The van der Waals surface area contributed by atoms with Gasteiger partial charge in [0.05, 0.1) is 17.2 Å². The van der Waals surface area contributed by atoms with Crippen LogP contribution in [-0.4, -0.2) is 12.9 Å². The van der Waals surface area contributed by atoms with Crippen molar-refractivity contribution in [3.63, 3.8) is 0 Å². The summed E-state index contributed by atoms with van der Waals surface area (Å²) in [6.45, 7) is 0. The van der Waals surface area contributed by atoms with Crippen LogP contribution in [0.2, 0.25) is 10.0 Å². The summed E-state index contributed by atoms with van der Waals surface area (Å²) in [6, 6.07) is 10.2. The fourth-order valence-corrected chi connectivity index (χ4v) is 2.59. The van der Waals surface area contributed by atoms with Crippen LogP contribution in [0.15, 0.2) is 40.9 Å². The summed E-state index contributed by atoms with van der Waals surface area (Å²) in [7, 11) is 1.49. The van der Waals surface area contributed by atoms with E-state index in [0.29, 0.717) is 31.4 Å². The van der Waals surface area contributed by atoms with Crippen LogP contribution in [0.3, 0.4) is 0 Å². The lowest BCUT2D eigenvalue weighted by atomic mass is 10.0. The molecule has 0 bridgehead atoms. The number of ketones is 1. The summed E-state index contributed by atoms with van der Waals surface area (Å²) in [5.74, 6) is 0.248. The minimum Gasteiger partial charge on any atom is -0.495 e. The third-order valence-electron chi connectivity index (χ3n) is 2.60. The molecule has 0 aliphatic rings. The van der Waals surface area contributed by atoms with Crippen molar-refractivity contribution in [1.82, 2.24) is 0 Å². The van der Waals surface area contributed by atoms with Crippen molar-refractivity contribution in [1.29, 1.82) is 0 Å². The molecule has 19 heavy (non-hydrogen) atoms. The van der Waals surface area contributed by atoms with Gasteiger partial charge in [-0.25, -0.2) is 0 Å². The van der Waals surface area contributed by atoms with Gasteiger partial charge in [0, 0.05) is 21.7 Å². The average molecular weight is 360 g/mol. The highest BCUT2D eigenvalue weighted by atomic mass is 79.9. The molecule has 0 saturated carbocycles. The van der Waals surface area contributed by atoms with Crippen LogP contribution in [0.1, 0.15) is 15.9 Å². The summed E-state index contributed by atoms with van der Waals surface area (Å²) in [4.78, 5) is 12.4. The quantitative estimate of drug-likeness (QED) is 0.721. The highest BCUT2D eigenvalue weighted by molar-refractivity contribution is 9.10. The summed E-state index contributed by atoms with van der Waals surface area (Å²) in [5, 5.41) is 0.657. The lowest BCUT2D eigenvalue weighted by Crippen LogP contribution is -2.03. The number of carbonyl (C=O) groups is 1. The molecule has 0 aliphatic heterocycles. The van der Waals surface area contributed by atoms with Crippen LogP contribution in [0.25, 0.3) is 0 Å². The van der Waals surface area contributed by atoms with E-state index >= 15 is 0 Å². The van der Waals surface area contributed by atoms with E-state index < -0.39 is 0 Å². The van der Waals surface area contributed by atoms with E-state index in [-0.39, 0.29) is 5.78 Å². The van der Waals surface area contributed by atoms with Gasteiger partial charge in [0.25, 0.3) is 0 Å². The highest BCUT2D eigenvalue weighted by Gasteiger charge is 2.17. The molecule has 0 radical (unpaired) electrons. The van der Waals surface area contributed by atoms with Gasteiger partial charge in [0.1, 0.15) is 5.75 Å². The van der Waals surface area contributed by atoms with E-state index in [1.165, 1.54) is 19.2 Å². The lowest BCUT2D eigenvalue weighted by Gasteiger charge is -2.09. The molecule has 2 rings (SSSR count). The van der Waals surface area contributed by atoms with Gasteiger partial charge < -0.3 is 4.74 Å². The number of rotatable bonds is 3. The van der Waals surface area contributed by atoms with Crippen LogP contribution >= 0.6 is 39.1 Å². The number of ether oxygens (including phenoxy) is 1. The minimum absolute atomic E-state index is 0.193. The molecule has 98 valence electrons. The van der Waals surface area contributed by atoms with Crippen LogP contribution < -0.4 is 4.74 Å². The molecule has 0 aliphatic carbocycles. The maximum Gasteiger partial charge on any atom is 0.195 e. The topological polar surface area (TPSA) is 26.3 Å². The maximum absolute atomic E-state index is 12.4. The predicted octanol–water partition coefficient (Wildman–Crippen LogP) is 5.00. The maximum atomic E-state index is 12.4. The first-order valence-corrected chi connectivity index (χ1v) is 6.91. The zero-order valence-corrected chi connectivity index (χ0v) is 13.0. The number of hydrogen-bond acceptors (Lipinski definition) is 2. The molecular formula is C14H9BrCl2O2. The molecule has 0 heterocycles. The van der Waals surface area contributed by atoms with Crippen LogP contribution in [0, 0.1) is 0 Å². The van der Waals surface area contributed by atoms with Gasteiger partial charge in [0.2, 0.25) is 0 Å². The molecule has 0 spiro atoms. The SMILES string of the molecule is COc1cc(Cl)c(C(=O)c2ccccc2Br)cc1Cl. The summed E-state index contributed by atoms with van der Waals surface area (Å²) in [6.07, 6.45) is 0. The molecule has 0 saturated heterocycles. The highest BCUT2D eigenvalue weighted by Crippen LogP contribution is 2.33. The third-order valence-corrected chi connectivity index (χ3v) is 3.90. The Balaban J connectivity index is 2.51. The van der Waals surface area contributed by atoms with Crippen molar-refractivity contribution < 1.29 is 9.53 Å². The Labute approximate surface area is 129 Å². The van der Waals surface area contributed by atoms with E-state index in [1.807, 2.05) is 6.07 Å². The summed E-state index contributed by atoms with van der Waals surface area (Å²) < 4.78 is 5.76. The molecule has 0 unspecified atom stereocenters. The Morgan fingerprint density at radius 2 is 1.79 bits per heavy atom. The minimum atomic E-state index is -0.193. The van der Waals surface area contributed by atoms with Gasteiger partial charge in [-0.2, -0.15) is 0 Å². The molecular weight excluding hydrogens is 351 g/mol. The van der Waals surface area contributed by atoms with E-state index in [2.05, 4.69) is 15.9 Å². The standard InChI is InChI=1S/C14H9BrCl2O2/c1-19-13-7-11(16)9(6-12(13)17)14(18)8-4-2-3-5-10(8)15/h2-7H,1H3. The monoisotopic (exact) mass is 358 g/mol. The molecule has 0 atom stereocenters. The van der Waals surface area contributed by atoms with Gasteiger partial charge in [-0.15, -0.1) is 0 Å². The first-order chi connectivity index (χ1) is 9.04. The largest absolute Gasteiger partial charge is 0.495 e. The summed E-state index contributed by atoms with van der Waals surface area (Å²) in [5.41, 5.74) is 0.880. The van der Waals surface area contributed by atoms with E-state index in [9.17, 15) is 4.79 Å². The number of methoxy groups -OCH3 is 1.